The number of likely N-dealkylation sites (tertiary alicyclic amines) is 1. The summed E-state index contributed by atoms with van der Waals surface area (Å²) in [6.07, 6.45) is 3.28. The van der Waals surface area contributed by atoms with E-state index in [1.807, 2.05) is 12.1 Å². The van der Waals surface area contributed by atoms with Gasteiger partial charge in [-0.1, -0.05) is 12.1 Å². The second-order valence-electron chi connectivity index (χ2n) is 6.77. The standard InChI is InChI=1S/C20H34N4O3.HI/c1-4-21-20(22-15-16-7-5-8-18(27-3)19(16)25)23-17-9-12-24(13-10-17)11-6-14-26-2;/h5,7-8,17,25H,4,6,9-15H2,1-3H3,(H2,21,22,23);1H. The molecule has 2 rings (SSSR count). The number of aromatic hydroxyl groups is 1. The maximum Gasteiger partial charge on any atom is 0.191 e. The van der Waals surface area contributed by atoms with Gasteiger partial charge in [0.15, 0.2) is 17.5 Å². The van der Waals surface area contributed by atoms with E-state index < -0.39 is 0 Å². The normalized spacial score (nSPS) is 15.8. The Morgan fingerprint density at radius 2 is 2.04 bits per heavy atom. The number of benzene rings is 1. The molecule has 0 aliphatic carbocycles. The first kappa shape index (κ1) is 24.8. The van der Waals surface area contributed by atoms with Crippen LogP contribution in [0.4, 0.5) is 0 Å². The number of nitrogens with one attached hydrogen (secondary N) is 2. The first-order valence-electron chi connectivity index (χ1n) is 9.78. The Morgan fingerprint density at radius 1 is 1.29 bits per heavy atom. The summed E-state index contributed by atoms with van der Waals surface area (Å²) in [6, 6.07) is 5.89. The van der Waals surface area contributed by atoms with Crippen LogP contribution in [0, 0.1) is 0 Å². The number of ether oxygens (including phenoxy) is 2. The highest BCUT2D eigenvalue weighted by Crippen LogP contribution is 2.29. The van der Waals surface area contributed by atoms with Crippen molar-refractivity contribution >= 4 is 29.9 Å². The minimum atomic E-state index is 0. The Kier molecular flexibility index (Phi) is 12.2. The number of nitrogens with zero attached hydrogens (tertiary/aromatic N) is 2. The van der Waals surface area contributed by atoms with E-state index in [1.165, 1.54) is 0 Å². The van der Waals surface area contributed by atoms with Gasteiger partial charge in [0.2, 0.25) is 0 Å². The quantitative estimate of drug-likeness (QED) is 0.207. The summed E-state index contributed by atoms with van der Waals surface area (Å²) in [7, 11) is 3.30. The number of rotatable bonds is 9. The zero-order chi connectivity index (χ0) is 19.5. The number of hydrogen-bond acceptors (Lipinski definition) is 5. The lowest BCUT2D eigenvalue weighted by Crippen LogP contribution is -2.48. The summed E-state index contributed by atoms with van der Waals surface area (Å²) < 4.78 is 10.3. The fourth-order valence-corrected chi connectivity index (χ4v) is 3.27. The van der Waals surface area contributed by atoms with E-state index in [9.17, 15) is 5.11 Å². The summed E-state index contributed by atoms with van der Waals surface area (Å²) in [6.45, 7) is 7.36. The second-order valence-corrected chi connectivity index (χ2v) is 6.77. The lowest BCUT2D eigenvalue weighted by molar-refractivity contribution is 0.155. The van der Waals surface area contributed by atoms with Crippen LogP contribution in [0.25, 0.3) is 0 Å². The molecule has 0 aromatic heterocycles. The van der Waals surface area contributed by atoms with Crippen molar-refractivity contribution < 1.29 is 14.6 Å². The van der Waals surface area contributed by atoms with Crippen LogP contribution in [-0.2, 0) is 11.3 Å². The van der Waals surface area contributed by atoms with Crippen molar-refractivity contribution in [3.05, 3.63) is 23.8 Å². The van der Waals surface area contributed by atoms with E-state index in [-0.39, 0.29) is 29.7 Å². The maximum absolute atomic E-state index is 10.2. The number of halogens is 1. The van der Waals surface area contributed by atoms with Crippen molar-refractivity contribution in [3.63, 3.8) is 0 Å². The number of guanidine groups is 1. The number of para-hydroxylation sites is 1. The number of phenols is 1. The predicted molar refractivity (Wildman–Crippen MR) is 124 cm³/mol. The van der Waals surface area contributed by atoms with Crippen molar-refractivity contribution in [2.24, 2.45) is 4.99 Å². The van der Waals surface area contributed by atoms with E-state index in [2.05, 4.69) is 27.4 Å². The van der Waals surface area contributed by atoms with Gasteiger partial charge in [0.1, 0.15) is 0 Å². The lowest BCUT2D eigenvalue weighted by atomic mass is 10.1. The predicted octanol–water partition coefficient (Wildman–Crippen LogP) is 2.57. The monoisotopic (exact) mass is 506 g/mol. The van der Waals surface area contributed by atoms with Crippen LogP contribution >= 0.6 is 24.0 Å². The molecule has 28 heavy (non-hydrogen) atoms. The Hall–Kier alpha value is -1.26. The summed E-state index contributed by atoms with van der Waals surface area (Å²) >= 11 is 0. The van der Waals surface area contributed by atoms with E-state index >= 15 is 0 Å². The highest BCUT2D eigenvalue weighted by atomic mass is 127. The molecule has 0 radical (unpaired) electrons. The first-order valence-corrected chi connectivity index (χ1v) is 9.78. The molecule has 1 aliphatic heterocycles. The molecular formula is C20H35IN4O3. The van der Waals surface area contributed by atoms with Crippen molar-refractivity contribution in [1.82, 2.24) is 15.5 Å². The molecule has 160 valence electrons. The van der Waals surface area contributed by atoms with Gasteiger partial charge in [-0.05, 0) is 32.3 Å². The molecule has 1 fully saturated rings. The van der Waals surface area contributed by atoms with Crippen LogP contribution < -0.4 is 15.4 Å². The molecule has 0 spiro atoms. The third-order valence-electron chi connectivity index (χ3n) is 4.81. The second kappa shape index (κ2) is 13.8. The average Bonchev–Trinajstić information content (AvgIpc) is 2.68. The van der Waals surface area contributed by atoms with E-state index in [1.54, 1.807) is 20.3 Å². The van der Waals surface area contributed by atoms with Crippen molar-refractivity contribution in [2.75, 3.05) is 47.0 Å². The molecule has 1 aliphatic rings. The van der Waals surface area contributed by atoms with Crippen molar-refractivity contribution in [2.45, 2.75) is 38.8 Å². The number of hydrogen-bond donors (Lipinski definition) is 3. The number of aliphatic imine (C=N–C) groups is 1. The molecule has 1 aromatic rings. The van der Waals surface area contributed by atoms with Crippen LogP contribution in [0.15, 0.2) is 23.2 Å². The van der Waals surface area contributed by atoms with Gasteiger partial charge in [0.05, 0.1) is 13.7 Å². The molecule has 0 amide bonds. The highest BCUT2D eigenvalue weighted by Gasteiger charge is 2.19. The van der Waals surface area contributed by atoms with E-state index in [4.69, 9.17) is 9.47 Å². The summed E-state index contributed by atoms with van der Waals surface area (Å²) in [5.74, 6) is 1.42. The Labute approximate surface area is 185 Å². The van der Waals surface area contributed by atoms with Gasteiger partial charge in [0.25, 0.3) is 0 Å². The molecule has 0 unspecified atom stereocenters. The van der Waals surface area contributed by atoms with E-state index in [0.29, 0.717) is 18.3 Å². The summed E-state index contributed by atoms with van der Waals surface area (Å²) in [5.41, 5.74) is 0.750. The van der Waals surface area contributed by atoms with Crippen LogP contribution in [-0.4, -0.2) is 69.0 Å². The van der Waals surface area contributed by atoms with Crippen LogP contribution in [0.1, 0.15) is 31.7 Å². The summed E-state index contributed by atoms with van der Waals surface area (Å²) in [5, 5.41) is 17.1. The van der Waals surface area contributed by atoms with Gasteiger partial charge in [-0.15, -0.1) is 24.0 Å². The van der Waals surface area contributed by atoms with Crippen molar-refractivity contribution in [1.29, 1.82) is 0 Å². The smallest absolute Gasteiger partial charge is 0.191 e. The van der Waals surface area contributed by atoms with Crippen molar-refractivity contribution in [3.8, 4) is 11.5 Å². The molecular weight excluding hydrogens is 471 g/mol. The number of phenolic OH excluding ortho intramolecular Hbond substituents is 1. The molecule has 1 heterocycles. The third-order valence-corrected chi connectivity index (χ3v) is 4.81. The van der Waals surface area contributed by atoms with Gasteiger partial charge in [0, 0.05) is 51.5 Å². The zero-order valence-electron chi connectivity index (χ0n) is 17.2. The third kappa shape index (κ3) is 8.00. The zero-order valence-corrected chi connectivity index (χ0v) is 19.6. The van der Waals surface area contributed by atoms with Gasteiger partial charge in [-0.2, -0.15) is 0 Å². The first-order chi connectivity index (χ1) is 13.2. The molecule has 1 aromatic carbocycles. The molecule has 3 N–H and O–H groups in total. The van der Waals surface area contributed by atoms with E-state index in [0.717, 1.165) is 63.6 Å². The van der Waals surface area contributed by atoms with Crippen LogP contribution in [0.3, 0.4) is 0 Å². The summed E-state index contributed by atoms with van der Waals surface area (Å²) in [4.78, 5) is 7.14. The topological polar surface area (TPSA) is 78.4 Å². The fourth-order valence-electron chi connectivity index (χ4n) is 3.27. The van der Waals surface area contributed by atoms with Gasteiger partial charge in [-0.25, -0.2) is 4.99 Å². The van der Waals surface area contributed by atoms with Gasteiger partial charge >= 0.3 is 0 Å². The minimum absolute atomic E-state index is 0. The average molecular weight is 506 g/mol. The number of piperidine rings is 1. The molecule has 0 bridgehead atoms. The molecule has 8 heteroatoms. The molecule has 7 nitrogen and oxygen atoms in total. The number of methoxy groups -OCH3 is 2. The highest BCUT2D eigenvalue weighted by molar-refractivity contribution is 14.0. The largest absolute Gasteiger partial charge is 0.504 e. The fraction of sp³-hybridized carbons (Fsp3) is 0.650. The van der Waals surface area contributed by atoms with Crippen LogP contribution in [0.2, 0.25) is 0 Å². The Morgan fingerprint density at radius 3 is 2.68 bits per heavy atom. The Balaban J connectivity index is 0.00000392. The van der Waals surface area contributed by atoms with Gasteiger partial charge in [-0.3, -0.25) is 0 Å². The van der Waals surface area contributed by atoms with Gasteiger partial charge < -0.3 is 30.1 Å². The van der Waals surface area contributed by atoms with Crippen LogP contribution in [0.5, 0.6) is 11.5 Å². The SMILES string of the molecule is CCNC(=NCc1cccc(OC)c1O)NC1CCN(CCCOC)CC1.I. The molecule has 1 saturated heterocycles. The molecule has 0 saturated carbocycles. The minimum Gasteiger partial charge on any atom is -0.504 e. The molecule has 0 atom stereocenters. The Bertz CT molecular complexity index is 593. The lowest BCUT2D eigenvalue weighted by Gasteiger charge is -2.33. The maximum atomic E-state index is 10.2.